The van der Waals surface area contributed by atoms with E-state index in [9.17, 15) is 13.2 Å². The molecule has 1 fully saturated rings. The number of carbonyl (C=O) groups is 1. The molecule has 0 aliphatic heterocycles. The molecule has 3 aromatic carbocycles. The Labute approximate surface area is 205 Å². The number of hydrogen-bond donors (Lipinski definition) is 1. The summed E-state index contributed by atoms with van der Waals surface area (Å²) in [4.78, 5) is 13.1. The second-order valence-corrected chi connectivity index (χ2v) is 11.0. The summed E-state index contributed by atoms with van der Waals surface area (Å²) in [7, 11) is -1.95. The van der Waals surface area contributed by atoms with Crippen LogP contribution in [0.4, 0.5) is 5.69 Å². The van der Waals surface area contributed by atoms with Gasteiger partial charge in [0.2, 0.25) is 10.0 Å². The zero-order chi connectivity index (χ0) is 24.7. The van der Waals surface area contributed by atoms with Crippen LogP contribution < -0.4 is 9.62 Å². The lowest BCUT2D eigenvalue weighted by Gasteiger charge is -2.38. The van der Waals surface area contributed by atoms with E-state index in [-0.39, 0.29) is 11.9 Å². The summed E-state index contributed by atoms with van der Waals surface area (Å²) in [5.41, 5.74) is 4.99. The maximum absolute atomic E-state index is 13.1. The lowest BCUT2D eigenvalue weighted by atomic mass is 9.91. The van der Waals surface area contributed by atoms with Crippen LogP contribution in [0.5, 0.6) is 0 Å². The molecule has 7 heteroatoms. The number of benzene rings is 3. The first-order valence-electron chi connectivity index (χ1n) is 11.7. The molecule has 5 rings (SSSR count). The summed E-state index contributed by atoms with van der Waals surface area (Å²) in [6.45, 7) is 2.00. The van der Waals surface area contributed by atoms with Gasteiger partial charge in [-0.1, -0.05) is 60.2 Å². The quantitative estimate of drug-likeness (QED) is 0.375. The highest BCUT2D eigenvalue weighted by atomic mass is 32.2. The second kappa shape index (κ2) is 8.89. The predicted octanol–water partition coefficient (Wildman–Crippen LogP) is 5.75. The molecule has 0 bridgehead atoms. The molecule has 0 atom stereocenters. The normalized spacial score (nSPS) is 14.0. The third-order valence-corrected chi connectivity index (χ3v) is 7.87. The van der Waals surface area contributed by atoms with Gasteiger partial charge < -0.3 is 9.73 Å². The van der Waals surface area contributed by atoms with E-state index in [2.05, 4.69) is 5.32 Å². The van der Waals surface area contributed by atoms with E-state index in [1.54, 1.807) is 13.1 Å². The van der Waals surface area contributed by atoms with Gasteiger partial charge >= 0.3 is 0 Å². The maximum Gasteiger partial charge on any atom is 0.255 e. The van der Waals surface area contributed by atoms with Gasteiger partial charge in [0.15, 0.2) is 0 Å². The number of furan rings is 1. The highest BCUT2D eigenvalue weighted by molar-refractivity contribution is 7.92. The Hall–Kier alpha value is -3.58. The van der Waals surface area contributed by atoms with Crippen molar-refractivity contribution in [1.29, 1.82) is 0 Å². The molecule has 0 saturated heterocycles. The van der Waals surface area contributed by atoms with Gasteiger partial charge in [0.1, 0.15) is 11.3 Å². The molecular formula is C28H28N2O4S. The third-order valence-electron chi connectivity index (χ3n) is 6.66. The van der Waals surface area contributed by atoms with Crippen LogP contribution >= 0.6 is 0 Å². The largest absolute Gasteiger partial charge is 0.455 e. The molecule has 1 heterocycles. The monoisotopic (exact) mass is 488 g/mol. The van der Waals surface area contributed by atoms with Crippen LogP contribution in [0.15, 0.2) is 71.1 Å². The number of rotatable bonds is 6. The minimum Gasteiger partial charge on any atom is -0.455 e. The molecule has 1 aliphatic rings. The predicted molar refractivity (Wildman–Crippen MR) is 140 cm³/mol. The van der Waals surface area contributed by atoms with Crippen LogP contribution in [0.1, 0.15) is 35.2 Å². The Kier molecular flexibility index (Phi) is 5.89. The van der Waals surface area contributed by atoms with E-state index in [4.69, 9.17) is 4.42 Å². The van der Waals surface area contributed by atoms with E-state index in [0.717, 1.165) is 41.5 Å². The zero-order valence-electron chi connectivity index (χ0n) is 20.0. The minimum absolute atomic E-state index is 0.0881. The highest BCUT2D eigenvalue weighted by Gasteiger charge is 2.34. The number of sulfonamides is 1. The van der Waals surface area contributed by atoms with E-state index in [0.29, 0.717) is 28.0 Å². The van der Waals surface area contributed by atoms with Crippen molar-refractivity contribution in [1.82, 2.24) is 5.32 Å². The Morgan fingerprint density at radius 3 is 2.26 bits per heavy atom. The van der Waals surface area contributed by atoms with Gasteiger partial charge in [-0.3, -0.25) is 9.10 Å². The number of amides is 1. The molecule has 35 heavy (non-hydrogen) atoms. The Bertz CT molecular complexity index is 1500. The van der Waals surface area contributed by atoms with E-state index in [1.165, 1.54) is 10.6 Å². The van der Waals surface area contributed by atoms with Crippen molar-refractivity contribution in [2.24, 2.45) is 0 Å². The Balaban J connectivity index is 1.83. The first-order chi connectivity index (χ1) is 16.8. The fraction of sp³-hybridized carbons (Fsp3) is 0.250. The van der Waals surface area contributed by atoms with Crippen LogP contribution in [0.2, 0.25) is 0 Å². The number of aryl methyl sites for hydroxylation is 1. The summed E-state index contributed by atoms with van der Waals surface area (Å²) in [6, 6.07) is 21.0. The number of fused-ring (bicyclic) bond motifs is 1. The van der Waals surface area contributed by atoms with Crippen LogP contribution in [-0.4, -0.2) is 33.7 Å². The number of nitrogens with zero attached hydrogens (tertiary/aromatic N) is 1. The van der Waals surface area contributed by atoms with Gasteiger partial charge in [-0.25, -0.2) is 8.42 Å². The molecule has 0 radical (unpaired) electrons. The molecule has 1 aliphatic carbocycles. The average Bonchev–Trinajstić information content (AvgIpc) is 3.18. The molecule has 1 saturated carbocycles. The van der Waals surface area contributed by atoms with Gasteiger partial charge in [0, 0.05) is 35.7 Å². The molecule has 180 valence electrons. The van der Waals surface area contributed by atoms with Crippen LogP contribution in [0, 0.1) is 6.92 Å². The lowest BCUT2D eigenvalue weighted by Crippen LogP contribution is -2.44. The van der Waals surface area contributed by atoms with Crippen LogP contribution in [-0.2, 0) is 10.0 Å². The number of carbonyl (C=O) groups excluding carboxylic acids is 1. The lowest BCUT2D eigenvalue weighted by molar-refractivity contribution is 0.0964. The smallest absolute Gasteiger partial charge is 0.255 e. The molecule has 1 N–H and O–H groups in total. The second-order valence-electron chi connectivity index (χ2n) is 9.13. The van der Waals surface area contributed by atoms with Gasteiger partial charge in [-0.15, -0.1) is 0 Å². The number of nitrogens with one attached hydrogen (secondary N) is 1. The Morgan fingerprint density at radius 2 is 1.69 bits per heavy atom. The first kappa shape index (κ1) is 23.2. The standard InChI is InChI=1S/C28H28N2O4S/c1-18-12-14-20(15-13-18)27-26(28(31)29-2)23-16-22(19-8-5-4-6-9-19)24(17-25(23)34-27)30(35(3,32)33)21-10-7-11-21/h4-6,8-9,12-17,21H,7,10-11H2,1-3H3,(H,29,31). The molecule has 1 aromatic heterocycles. The van der Waals surface area contributed by atoms with E-state index < -0.39 is 10.0 Å². The summed E-state index contributed by atoms with van der Waals surface area (Å²) < 4.78 is 33.8. The molecule has 1 amide bonds. The summed E-state index contributed by atoms with van der Waals surface area (Å²) in [5, 5.41) is 3.38. The van der Waals surface area contributed by atoms with Crippen molar-refractivity contribution in [3.63, 3.8) is 0 Å². The number of anilines is 1. The fourth-order valence-electron chi connectivity index (χ4n) is 4.69. The van der Waals surface area contributed by atoms with Gasteiger partial charge in [0.05, 0.1) is 17.5 Å². The van der Waals surface area contributed by atoms with Crippen molar-refractivity contribution >= 4 is 32.6 Å². The third kappa shape index (κ3) is 4.21. The van der Waals surface area contributed by atoms with E-state index in [1.807, 2.05) is 67.6 Å². The summed E-state index contributed by atoms with van der Waals surface area (Å²) in [6.07, 6.45) is 3.88. The average molecular weight is 489 g/mol. The van der Waals surface area contributed by atoms with Gasteiger partial charge in [-0.05, 0) is 37.8 Å². The first-order valence-corrected chi connectivity index (χ1v) is 13.6. The highest BCUT2D eigenvalue weighted by Crippen LogP contribution is 2.43. The van der Waals surface area contributed by atoms with Crippen molar-refractivity contribution < 1.29 is 17.6 Å². The summed E-state index contributed by atoms with van der Waals surface area (Å²) in [5.74, 6) is 0.204. The van der Waals surface area contributed by atoms with Gasteiger partial charge in [0.25, 0.3) is 5.91 Å². The molecular weight excluding hydrogens is 460 g/mol. The summed E-state index contributed by atoms with van der Waals surface area (Å²) >= 11 is 0. The van der Waals surface area contributed by atoms with Gasteiger partial charge in [-0.2, -0.15) is 0 Å². The van der Waals surface area contributed by atoms with Crippen LogP contribution in [0.3, 0.4) is 0 Å². The fourth-order valence-corrected chi connectivity index (χ4v) is 5.95. The van der Waals surface area contributed by atoms with E-state index >= 15 is 0 Å². The van der Waals surface area contributed by atoms with Crippen molar-refractivity contribution in [3.8, 4) is 22.5 Å². The molecule has 6 nitrogen and oxygen atoms in total. The van der Waals surface area contributed by atoms with Crippen LogP contribution in [0.25, 0.3) is 33.4 Å². The SMILES string of the molecule is CNC(=O)c1c(-c2ccc(C)cc2)oc2cc(N(C3CCC3)S(C)(=O)=O)c(-c3ccccc3)cc12. The molecule has 0 spiro atoms. The zero-order valence-corrected chi connectivity index (χ0v) is 20.9. The minimum atomic E-state index is -3.55. The number of hydrogen-bond acceptors (Lipinski definition) is 4. The van der Waals surface area contributed by atoms with Crippen molar-refractivity contribution in [2.75, 3.05) is 17.6 Å². The molecule has 4 aromatic rings. The van der Waals surface area contributed by atoms with Crippen molar-refractivity contribution in [2.45, 2.75) is 32.2 Å². The maximum atomic E-state index is 13.1. The molecule has 0 unspecified atom stereocenters. The Morgan fingerprint density at radius 1 is 1.00 bits per heavy atom. The van der Waals surface area contributed by atoms with Crippen molar-refractivity contribution in [3.05, 3.63) is 77.9 Å². The topological polar surface area (TPSA) is 79.6 Å².